The first-order valence-corrected chi connectivity index (χ1v) is 6.88. The van der Waals surface area contributed by atoms with Crippen molar-refractivity contribution >= 4 is 58.0 Å². The number of hydrogen-bond acceptors (Lipinski definition) is 2. The summed E-state index contributed by atoms with van der Waals surface area (Å²) in [6.07, 6.45) is 0. The van der Waals surface area contributed by atoms with Crippen molar-refractivity contribution < 1.29 is 9.47 Å². The summed E-state index contributed by atoms with van der Waals surface area (Å²) in [4.78, 5) is 0. The van der Waals surface area contributed by atoms with Gasteiger partial charge in [-0.1, -0.05) is 58.0 Å². The van der Waals surface area contributed by atoms with Crippen molar-refractivity contribution in [3.63, 3.8) is 0 Å². The molecule has 7 heteroatoms. The standard InChI is InChI=1S/C12H3Cl5O2/c13-4-1-6(15)10-8(2-4)18-11-7(16)3-5(14)9(17)12(11)19-10/h1-3H. The van der Waals surface area contributed by atoms with E-state index < -0.39 is 0 Å². The molecule has 2 aromatic rings. The van der Waals surface area contributed by atoms with Crippen LogP contribution in [-0.2, 0) is 0 Å². The number of ether oxygens (including phenoxy) is 2. The van der Waals surface area contributed by atoms with E-state index in [-0.39, 0.29) is 26.6 Å². The SMILES string of the molecule is Clc1cc(Cl)c2c(c1)Oc1c(Cl)cc(Cl)c(Cl)c1O2. The van der Waals surface area contributed by atoms with E-state index in [1.807, 2.05) is 0 Å². The Kier molecular flexibility index (Phi) is 3.40. The maximum absolute atomic E-state index is 6.07. The van der Waals surface area contributed by atoms with Crippen molar-refractivity contribution in [3.8, 4) is 23.0 Å². The molecule has 0 radical (unpaired) electrons. The number of benzene rings is 2. The summed E-state index contributed by atoms with van der Waals surface area (Å²) in [7, 11) is 0. The van der Waals surface area contributed by atoms with Gasteiger partial charge in [-0.3, -0.25) is 0 Å². The second-order valence-electron chi connectivity index (χ2n) is 3.73. The fourth-order valence-electron chi connectivity index (χ4n) is 1.67. The number of halogens is 5. The molecule has 1 heterocycles. The quantitative estimate of drug-likeness (QED) is 0.410. The van der Waals surface area contributed by atoms with Gasteiger partial charge in [-0.15, -0.1) is 0 Å². The average molecular weight is 356 g/mol. The van der Waals surface area contributed by atoms with Gasteiger partial charge in [0.2, 0.25) is 0 Å². The van der Waals surface area contributed by atoms with Gasteiger partial charge < -0.3 is 9.47 Å². The summed E-state index contributed by atoms with van der Waals surface area (Å²) in [6, 6.07) is 4.59. The Hall–Kier alpha value is -0.510. The van der Waals surface area contributed by atoms with Gasteiger partial charge in [-0.25, -0.2) is 0 Å². The van der Waals surface area contributed by atoms with Gasteiger partial charge in [0.1, 0.15) is 5.02 Å². The van der Waals surface area contributed by atoms with E-state index in [4.69, 9.17) is 67.5 Å². The molecule has 0 saturated carbocycles. The summed E-state index contributed by atoms with van der Waals surface area (Å²) in [5.41, 5.74) is 0. The fourth-order valence-corrected chi connectivity index (χ4v) is 2.84. The molecule has 98 valence electrons. The predicted octanol–water partition coefficient (Wildman–Crippen LogP) is 6.85. The summed E-state index contributed by atoms with van der Waals surface area (Å²) in [5.74, 6) is 1.20. The van der Waals surface area contributed by atoms with Crippen LogP contribution in [-0.4, -0.2) is 0 Å². The monoisotopic (exact) mass is 354 g/mol. The Morgan fingerprint density at radius 2 is 1.32 bits per heavy atom. The van der Waals surface area contributed by atoms with E-state index in [1.54, 1.807) is 6.07 Å². The Labute approximate surface area is 133 Å². The van der Waals surface area contributed by atoms with Gasteiger partial charge in [-0.2, -0.15) is 0 Å². The van der Waals surface area contributed by atoms with Gasteiger partial charge in [-0.05, 0) is 12.1 Å². The second-order valence-corrected chi connectivity index (χ2v) is 5.77. The van der Waals surface area contributed by atoms with E-state index >= 15 is 0 Å². The molecule has 1 aliphatic rings. The Bertz CT molecular complexity index is 699. The van der Waals surface area contributed by atoms with Gasteiger partial charge >= 0.3 is 0 Å². The van der Waals surface area contributed by atoms with Crippen LogP contribution in [0.4, 0.5) is 0 Å². The zero-order valence-electron chi connectivity index (χ0n) is 8.94. The zero-order valence-corrected chi connectivity index (χ0v) is 12.7. The summed E-state index contributed by atoms with van der Waals surface area (Å²) in [6.45, 7) is 0. The second kappa shape index (κ2) is 4.80. The molecule has 0 aliphatic carbocycles. The zero-order chi connectivity index (χ0) is 13.7. The topological polar surface area (TPSA) is 18.5 Å². The van der Waals surface area contributed by atoms with Crippen LogP contribution in [0.1, 0.15) is 0 Å². The average Bonchev–Trinajstić information content (AvgIpc) is 2.34. The van der Waals surface area contributed by atoms with E-state index in [9.17, 15) is 0 Å². The van der Waals surface area contributed by atoms with Crippen LogP contribution in [0.15, 0.2) is 18.2 Å². The molecule has 0 saturated heterocycles. The summed E-state index contributed by atoms with van der Waals surface area (Å²) < 4.78 is 11.3. The molecule has 1 aliphatic heterocycles. The largest absolute Gasteiger partial charge is 0.448 e. The molecule has 0 bridgehead atoms. The molecule has 0 aromatic heterocycles. The van der Waals surface area contributed by atoms with Crippen LogP contribution < -0.4 is 9.47 Å². The van der Waals surface area contributed by atoms with E-state index in [0.717, 1.165) is 0 Å². The number of fused-ring (bicyclic) bond motifs is 2. The highest BCUT2D eigenvalue weighted by atomic mass is 35.5. The molecule has 0 N–H and O–H groups in total. The highest BCUT2D eigenvalue weighted by Crippen LogP contribution is 2.55. The number of rotatable bonds is 0. The van der Waals surface area contributed by atoms with Crippen molar-refractivity contribution in [1.29, 1.82) is 0 Å². The first-order valence-electron chi connectivity index (χ1n) is 4.99. The molecule has 2 nitrogen and oxygen atoms in total. The van der Waals surface area contributed by atoms with Crippen LogP contribution >= 0.6 is 58.0 Å². The van der Waals surface area contributed by atoms with Crippen LogP contribution in [0, 0.1) is 0 Å². The van der Waals surface area contributed by atoms with E-state index in [0.29, 0.717) is 21.5 Å². The number of hydrogen-bond donors (Lipinski definition) is 0. The first kappa shape index (κ1) is 13.5. The lowest BCUT2D eigenvalue weighted by atomic mass is 10.2. The van der Waals surface area contributed by atoms with Gasteiger partial charge in [0.05, 0.1) is 15.1 Å². The molecular formula is C12H3Cl5O2. The lowest BCUT2D eigenvalue weighted by Gasteiger charge is -2.23. The Balaban J connectivity index is 2.22. The third kappa shape index (κ3) is 2.22. The smallest absolute Gasteiger partial charge is 0.191 e. The molecule has 0 amide bonds. The third-order valence-corrected chi connectivity index (χ3v) is 4.03. The normalized spacial score (nSPS) is 12.3. The minimum atomic E-state index is 0.206. The van der Waals surface area contributed by atoms with E-state index in [1.165, 1.54) is 12.1 Å². The maximum atomic E-state index is 6.07. The first-order chi connectivity index (χ1) is 8.97. The Morgan fingerprint density at radius 3 is 2.05 bits per heavy atom. The fraction of sp³-hybridized carbons (Fsp3) is 0. The highest BCUT2D eigenvalue weighted by Gasteiger charge is 2.28. The molecule has 3 rings (SSSR count). The molecule has 0 fully saturated rings. The van der Waals surface area contributed by atoms with Gasteiger partial charge in [0.25, 0.3) is 0 Å². The van der Waals surface area contributed by atoms with Gasteiger partial charge in [0.15, 0.2) is 23.0 Å². The minimum absolute atomic E-state index is 0.206. The molecule has 19 heavy (non-hydrogen) atoms. The highest BCUT2D eigenvalue weighted by molar-refractivity contribution is 6.45. The van der Waals surface area contributed by atoms with Crippen LogP contribution in [0.2, 0.25) is 25.1 Å². The van der Waals surface area contributed by atoms with Crippen molar-refractivity contribution in [2.75, 3.05) is 0 Å². The van der Waals surface area contributed by atoms with Crippen molar-refractivity contribution in [2.45, 2.75) is 0 Å². The molecular weight excluding hydrogens is 353 g/mol. The van der Waals surface area contributed by atoms with E-state index in [2.05, 4.69) is 0 Å². The maximum Gasteiger partial charge on any atom is 0.191 e. The molecule has 0 unspecified atom stereocenters. The summed E-state index contributed by atoms with van der Waals surface area (Å²) in [5, 5.41) is 1.48. The molecule has 2 aromatic carbocycles. The van der Waals surface area contributed by atoms with Crippen LogP contribution in [0.3, 0.4) is 0 Å². The molecule has 0 atom stereocenters. The summed E-state index contributed by atoms with van der Waals surface area (Å²) >= 11 is 30.0. The lowest BCUT2D eigenvalue weighted by Crippen LogP contribution is -2.01. The van der Waals surface area contributed by atoms with Crippen LogP contribution in [0.5, 0.6) is 23.0 Å². The lowest BCUT2D eigenvalue weighted by molar-refractivity contribution is 0.360. The van der Waals surface area contributed by atoms with Crippen molar-refractivity contribution in [3.05, 3.63) is 43.3 Å². The van der Waals surface area contributed by atoms with Crippen LogP contribution in [0.25, 0.3) is 0 Å². The predicted molar refractivity (Wildman–Crippen MR) is 78.1 cm³/mol. The van der Waals surface area contributed by atoms with Gasteiger partial charge in [0, 0.05) is 11.1 Å². The minimum Gasteiger partial charge on any atom is -0.448 e. The molecule has 0 spiro atoms. The third-order valence-electron chi connectivity index (χ3n) is 2.48. The van der Waals surface area contributed by atoms with Crippen molar-refractivity contribution in [2.24, 2.45) is 0 Å². The Morgan fingerprint density at radius 1 is 0.632 bits per heavy atom. The van der Waals surface area contributed by atoms with Crippen molar-refractivity contribution in [1.82, 2.24) is 0 Å².